The molecule has 0 aliphatic rings. The summed E-state index contributed by atoms with van der Waals surface area (Å²) in [7, 11) is 0. The van der Waals surface area contributed by atoms with Gasteiger partial charge in [0.15, 0.2) is 0 Å². The zero-order valence-corrected chi connectivity index (χ0v) is 43.1. The number of aliphatic hydroxyl groups excluding tert-OH is 2. The van der Waals surface area contributed by atoms with Gasteiger partial charge in [0.2, 0.25) is 5.91 Å². The standard InChI is InChI=1S/C59H107NO5/c1-4-7-10-13-16-19-22-25-28-29-31-33-36-39-42-45-48-51-57(62)56(54-61)60-58(63)53-55(50-47-44-41-38-35-32-27-24-21-18-15-12-9-6-3)65-59(64)52-49-46-43-40-37-34-30-26-23-20-17-14-11-8-5-2/h9,12,17-18,20-21,23,26-27,32,55-57,61-62H,4-8,10-11,13-16,19,22,24-25,28-31,33-54H2,1-3H3,(H,60,63)/b12-9+,20-17+,21-18+,26-23+,32-27+. The summed E-state index contributed by atoms with van der Waals surface area (Å²) in [6.45, 7) is 6.36. The third-order valence-corrected chi connectivity index (χ3v) is 12.6. The van der Waals surface area contributed by atoms with Crippen molar-refractivity contribution in [2.24, 2.45) is 0 Å². The second kappa shape index (κ2) is 52.5. The monoisotopic (exact) mass is 910 g/mol. The maximum Gasteiger partial charge on any atom is 0.306 e. The van der Waals surface area contributed by atoms with Gasteiger partial charge in [0.05, 0.1) is 25.2 Å². The quantitative estimate of drug-likeness (QED) is 0.0245. The molecule has 0 aromatic heterocycles. The minimum Gasteiger partial charge on any atom is -0.462 e. The summed E-state index contributed by atoms with van der Waals surface area (Å²) in [6, 6.07) is -0.713. The number of unbranched alkanes of at least 4 members (excludes halogenated alkanes) is 29. The van der Waals surface area contributed by atoms with E-state index in [-0.39, 0.29) is 24.9 Å². The summed E-state index contributed by atoms with van der Waals surface area (Å²) in [5.74, 6) is -0.504. The number of carbonyl (C=O) groups excluding carboxylic acids is 2. The van der Waals surface area contributed by atoms with Gasteiger partial charge < -0.3 is 20.3 Å². The summed E-state index contributed by atoms with van der Waals surface area (Å²) in [5, 5.41) is 23.9. The molecule has 0 bridgehead atoms. The average molecular weight is 911 g/mol. The Morgan fingerprint density at radius 2 is 0.877 bits per heavy atom. The second-order valence-electron chi connectivity index (χ2n) is 19.0. The van der Waals surface area contributed by atoms with Crippen molar-refractivity contribution >= 4 is 11.9 Å². The number of nitrogens with one attached hydrogen (secondary N) is 1. The predicted molar refractivity (Wildman–Crippen MR) is 282 cm³/mol. The zero-order valence-electron chi connectivity index (χ0n) is 43.1. The van der Waals surface area contributed by atoms with E-state index in [0.717, 1.165) is 96.3 Å². The maximum atomic E-state index is 13.2. The lowest BCUT2D eigenvalue weighted by molar-refractivity contribution is -0.151. The molecule has 0 rings (SSSR count). The lowest BCUT2D eigenvalue weighted by atomic mass is 10.0. The molecule has 0 saturated heterocycles. The van der Waals surface area contributed by atoms with Gasteiger partial charge in [-0.15, -0.1) is 0 Å². The fourth-order valence-corrected chi connectivity index (χ4v) is 8.38. The average Bonchev–Trinajstić information content (AvgIpc) is 3.30. The van der Waals surface area contributed by atoms with Crippen LogP contribution >= 0.6 is 0 Å². The molecule has 0 radical (unpaired) electrons. The molecular weight excluding hydrogens is 803 g/mol. The molecule has 0 aliphatic heterocycles. The van der Waals surface area contributed by atoms with Gasteiger partial charge in [-0.05, 0) is 83.5 Å². The van der Waals surface area contributed by atoms with Crippen LogP contribution in [0.5, 0.6) is 0 Å². The van der Waals surface area contributed by atoms with Crippen molar-refractivity contribution in [2.75, 3.05) is 6.61 Å². The number of aliphatic hydroxyl groups is 2. The van der Waals surface area contributed by atoms with Gasteiger partial charge >= 0.3 is 5.97 Å². The molecule has 378 valence electrons. The summed E-state index contributed by atoms with van der Waals surface area (Å²) in [6.07, 6.45) is 65.7. The predicted octanol–water partition coefficient (Wildman–Crippen LogP) is 17.2. The Balaban J connectivity index is 4.57. The van der Waals surface area contributed by atoms with Crippen LogP contribution in [0.25, 0.3) is 0 Å². The number of amides is 1. The molecule has 3 atom stereocenters. The summed E-state index contributed by atoms with van der Waals surface area (Å²) >= 11 is 0. The van der Waals surface area contributed by atoms with E-state index in [1.807, 2.05) is 0 Å². The molecule has 1 amide bonds. The van der Waals surface area contributed by atoms with Crippen LogP contribution in [-0.4, -0.2) is 46.9 Å². The highest BCUT2D eigenvalue weighted by Crippen LogP contribution is 2.18. The van der Waals surface area contributed by atoms with Crippen molar-refractivity contribution in [3.05, 3.63) is 60.8 Å². The van der Waals surface area contributed by atoms with Crippen molar-refractivity contribution < 1.29 is 24.5 Å². The van der Waals surface area contributed by atoms with E-state index >= 15 is 0 Å². The van der Waals surface area contributed by atoms with Gasteiger partial charge in [-0.2, -0.15) is 0 Å². The summed E-state index contributed by atoms with van der Waals surface area (Å²) in [5.41, 5.74) is 0. The number of hydrogen-bond donors (Lipinski definition) is 3. The van der Waals surface area contributed by atoms with Gasteiger partial charge in [0.25, 0.3) is 0 Å². The lowest BCUT2D eigenvalue weighted by Crippen LogP contribution is -2.46. The van der Waals surface area contributed by atoms with E-state index in [2.05, 4.69) is 86.8 Å². The molecule has 0 heterocycles. The molecule has 0 aliphatic carbocycles. The van der Waals surface area contributed by atoms with Crippen molar-refractivity contribution in [2.45, 2.75) is 296 Å². The smallest absolute Gasteiger partial charge is 0.306 e. The van der Waals surface area contributed by atoms with Gasteiger partial charge in [-0.3, -0.25) is 9.59 Å². The molecule has 0 aromatic rings. The van der Waals surface area contributed by atoms with Gasteiger partial charge in [0.1, 0.15) is 6.10 Å². The molecule has 0 aromatic carbocycles. The van der Waals surface area contributed by atoms with Crippen molar-refractivity contribution in [1.82, 2.24) is 5.32 Å². The zero-order chi connectivity index (χ0) is 47.4. The highest BCUT2D eigenvalue weighted by molar-refractivity contribution is 5.77. The molecule has 65 heavy (non-hydrogen) atoms. The number of ether oxygens (including phenoxy) is 1. The van der Waals surface area contributed by atoms with Crippen LogP contribution in [0.2, 0.25) is 0 Å². The van der Waals surface area contributed by atoms with Crippen LogP contribution in [0.4, 0.5) is 0 Å². The van der Waals surface area contributed by atoms with Crippen LogP contribution in [0.15, 0.2) is 60.8 Å². The van der Waals surface area contributed by atoms with E-state index in [1.54, 1.807) is 0 Å². The van der Waals surface area contributed by atoms with Gasteiger partial charge in [-0.1, -0.05) is 242 Å². The van der Waals surface area contributed by atoms with E-state index in [0.29, 0.717) is 19.3 Å². The minimum absolute atomic E-state index is 0.0572. The van der Waals surface area contributed by atoms with E-state index in [1.165, 1.54) is 135 Å². The van der Waals surface area contributed by atoms with Crippen LogP contribution in [0, 0.1) is 0 Å². The first-order valence-corrected chi connectivity index (χ1v) is 28.0. The Morgan fingerprint density at radius 1 is 0.477 bits per heavy atom. The SMILES string of the molecule is CC/C=C/C/C=C/C/C=C/CCCCCCC(CC(=O)NC(CO)C(O)CCCCCCCCCCCCCCCCCCC)OC(=O)CCCCCCCC/C=C/C=C/CCCCC. The highest BCUT2D eigenvalue weighted by atomic mass is 16.5. The van der Waals surface area contributed by atoms with E-state index in [9.17, 15) is 19.8 Å². The molecule has 6 nitrogen and oxygen atoms in total. The molecule has 3 unspecified atom stereocenters. The third-order valence-electron chi connectivity index (χ3n) is 12.6. The topological polar surface area (TPSA) is 95.9 Å². The first-order valence-electron chi connectivity index (χ1n) is 28.0. The number of carbonyl (C=O) groups is 2. The van der Waals surface area contributed by atoms with Crippen molar-refractivity contribution in [1.29, 1.82) is 0 Å². The molecule has 6 heteroatoms. The van der Waals surface area contributed by atoms with Crippen LogP contribution < -0.4 is 5.32 Å². The third kappa shape index (κ3) is 47.8. The molecule has 3 N–H and O–H groups in total. The highest BCUT2D eigenvalue weighted by Gasteiger charge is 2.24. The number of esters is 1. The van der Waals surface area contributed by atoms with Crippen molar-refractivity contribution in [3.8, 4) is 0 Å². The van der Waals surface area contributed by atoms with Gasteiger partial charge in [0, 0.05) is 6.42 Å². The van der Waals surface area contributed by atoms with E-state index < -0.39 is 18.2 Å². The van der Waals surface area contributed by atoms with E-state index in [4.69, 9.17) is 4.74 Å². The number of allylic oxidation sites excluding steroid dienone is 10. The maximum absolute atomic E-state index is 13.2. The molecule has 0 saturated carbocycles. The normalized spacial score (nSPS) is 13.6. The fraction of sp³-hybridized carbons (Fsp3) is 0.797. The Kier molecular flexibility index (Phi) is 50.6. The Morgan fingerprint density at radius 3 is 1.38 bits per heavy atom. The summed E-state index contributed by atoms with van der Waals surface area (Å²) < 4.78 is 5.94. The summed E-state index contributed by atoms with van der Waals surface area (Å²) in [4.78, 5) is 26.2. The molecule has 0 spiro atoms. The second-order valence-corrected chi connectivity index (χ2v) is 19.0. The number of hydrogen-bond acceptors (Lipinski definition) is 5. The Labute approximate surface area is 403 Å². The van der Waals surface area contributed by atoms with Gasteiger partial charge in [-0.25, -0.2) is 0 Å². The molecule has 0 fully saturated rings. The minimum atomic E-state index is -0.798. The fourth-order valence-electron chi connectivity index (χ4n) is 8.38. The Bertz CT molecular complexity index is 1160. The van der Waals surface area contributed by atoms with Crippen molar-refractivity contribution in [3.63, 3.8) is 0 Å². The first-order chi connectivity index (χ1) is 32.0. The Hall–Kier alpha value is -2.44. The largest absolute Gasteiger partial charge is 0.462 e. The first kappa shape index (κ1) is 62.6. The van der Waals surface area contributed by atoms with Crippen LogP contribution in [0.3, 0.4) is 0 Å². The number of rotatable bonds is 50. The molecular formula is C59H107NO5. The lowest BCUT2D eigenvalue weighted by Gasteiger charge is -2.24. The van der Waals surface area contributed by atoms with Crippen LogP contribution in [-0.2, 0) is 14.3 Å². The van der Waals surface area contributed by atoms with Crippen LogP contribution in [0.1, 0.15) is 278 Å².